The monoisotopic (exact) mass is 495 g/mol. The summed E-state index contributed by atoms with van der Waals surface area (Å²) in [4.78, 5) is 28.4. The lowest BCUT2D eigenvalue weighted by Crippen LogP contribution is -2.50. The molecule has 2 aromatic rings. The maximum atomic E-state index is 13.0. The molecule has 2 aromatic carbocycles. The van der Waals surface area contributed by atoms with E-state index in [4.69, 9.17) is 23.2 Å². The van der Waals surface area contributed by atoms with Gasteiger partial charge in [0.1, 0.15) is 4.90 Å². The second kappa shape index (κ2) is 9.39. The Hall–Kier alpha value is -2.13. The zero-order valence-corrected chi connectivity index (χ0v) is 19.7. The second-order valence-corrected chi connectivity index (χ2v) is 10.6. The number of hydrogen-bond donors (Lipinski definition) is 0. The predicted molar refractivity (Wildman–Crippen MR) is 124 cm³/mol. The number of benzene rings is 2. The second-order valence-electron chi connectivity index (χ2n) is 7.82. The minimum Gasteiger partial charge on any atom is -0.336 e. The molecule has 0 spiro atoms. The number of amides is 2. The number of sulfonamides is 1. The van der Waals surface area contributed by atoms with E-state index in [2.05, 4.69) is 0 Å². The van der Waals surface area contributed by atoms with Gasteiger partial charge in [0, 0.05) is 55.4 Å². The number of nitrogens with zero attached hydrogens (tertiary/aromatic N) is 3. The Labute approximate surface area is 197 Å². The number of halogens is 2. The average molecular weight is 496 g/mol. The smallest absolute Gasteiger partial charge is 0.253 e. The van der Waals surface area contributed by atoms with Crippen molar-refractivity contribution in [3.8, 4) is 0 Å². The minimum absolute atomic E-state index is 0.0331. The van der Waals surface area contributed by atoms with Gasteiger partial charge in [-0.25, -0.2) is 8.42 Å². The van der Waals surface area contributed by atoms with E-state index in [1.165, 1.54) is 22.5 Å². The van der Waals surface area contributed by atoms with Crippen molar-refractivity contribution in [1.82, 2.24) is 9.21 Å². The van der Waals surface area contributed by atoms with E-state index in [0.29, 0.717) is 18.5 Å². The molecule has 170 valence electrons. The fourth-order valence-electron chi connectivity index (χ4n) is 3.99. The number of anilines is 1. The van der Waals surface area contributed by atoms with Crippen LogP contribution in [0.3, 0.4) is 0 Å². The first-order valence-electron chi connectivity index (χ1n) is 10.4. The van der Waals surface area contributed by atoms with Gasteiger partial charge in [-0.15, -0.1) is 0 Å². The van der Waals surface area contributed by atoms with Crippen LogP contribution in [-0.4, -0.2) is 62.2 Å². The molecule has 0 radical (unpaired) electrons. The molecule has 0 atom stereocenters. The number of carbonyl (C=O) groups is 2. The number of piperidine rings is 1. The van der Waals surface area contributed by atoms with Crippen LogP contribution >= 0.6 is 23.2 Å². The van der Waals surface area contributed by atoms with Crippen LogP contribution in [0.4, 0.5) is 5.69 Å². The number of piperazine rings is 1. The van der Waals surface area contributed by atoms with Crippen molar-refractivity contribution in [1.29, 1.82) is 0 Å². The number of hydrogen-bond acceptors (Lipinski definition) is 4. The van der Waals surface area contributed by atoms with Crippen LogP contribution in [0.5, 0.6) is 0 Å². The van der Waals surface area contributed by atoms with Crippen molar-refractivity contribution in [3.63, 3.8) is 0 Å². The Morgan fingerprint density at radius 1 is 0.875 bits per heavy atom. The number of rotatable bonds is 4. The fourth-order valence-corrected chi connectivity index (χ4v) is 6.15. The normalized spacial score (nSPS) is 18.1. The first kappa shape index (κ1) is 23.0. The van der Waals surface area contributed by atoms with Crippen molar-refractivity contribution >= 4 is 50.7 Å². The highest BCUT2D eigenvalue weighted by atomic mass is 35.5. The van der Waals surface area contributed by atoms with Gasteiger partial charge in [0.05, 0.1) is 5.02 Å². The molecule has 4 rings (SSSR count). The molecule has 2 saturated heterocycles. The van der Waals surface area contributed by atoms with Crippen LogP contribution in [0.25, 0.3) is 0 Å². The van der Waals surface area contributed by atoms with E-state index in [1.54, 1.807) is 34.1 Å². The molecular formula is C22H23Cl2N3O4S. The summed E-state index contributed by atoms with van der Waals surface area (Å²) >= 11 is 12.0. The van der Waals surface area contributed by atoms with Crippen LogP contribution in [-0.2, 0) is 14.8 Å². The van der Waals surface area contributed by atoms with Gasteiger partial charge in [-0.2, -0.15) is 4.31 Å². The molecule has 2 aliphatic heterocycles. The van der Waals surface area contributed by atoms with Gasteiger partial charge in [-0.05, 0) is 55.3 Å². The van der Waals surface area contributed by atoms with Crippen LogP contribution in [0.15, 0.2) is 47.4 Å². The third kappa shape index (κ3) is 4.64. The molecule has 2 fully saturated rings. The summed E-state index contributed by atoms with van der Waals surface area (Å²) in [7, 11) is -3.81. The molecule has 2 amide bonds. The van der Waals surface area contributed by atoms with Crippen molar-refractivity contribution in [2.45, 2.75) is 24.2 Å². The van der Waals surface area contributed by atoms with Crippen LogP contribution in [0.1, 0.15) is 29.6 Å². The Morgan fingerprint density at radius 3 is 2.22 bits per heavy atom. The van der Waals surface area contributed by atoms with E-state index in [0.717, 1.165) is 18.5 Å². The van der Waals surface area contributed by atoms with Gasteiger partial charge >= 0.3 is 0 Å². The van der Waals surface area contributed by atoms with Crippen LogP contribution in [0, 0.1) is 0 Å². The summed E-state index contributed by atoms with van der Waals surface area (Å²) in [6.45, 7) is 1.55. The zero-order valence-electron chi connectivity index (χ0n) is 17.3. The van der Waals surface area contributed by atoms with Crippen molar-refractivity contribution in [2.75, 3.05) is 37.6 Å². The van der Waals surface area contributed by atoms with E-state index < -0.39 is 10.0 Å². The van der Waals surface area contributed by atoms with Crippen LogP contribution < -0.4 is 4.90 Å². The molecule has 7 nitrogen and oxygen atoms in total. The molecule has 0 aromatic heterocycles. The van der Waals surface area contributed by atoms with Crippen molar-refractivity contribution in [3.05, 3.63) is 58.1 Å². The first-order chi connectivity index (χ1) is 15.3. The quantitative estimate of drug-likeness (QED) is 0.648. The molecule has 0 saturated carbocycles. The molecule has 2 aliphatic rings. The Balaban J connectivity index is 1.41. The summed E-state index contributed by atoms with van der Waals surface area (Å²) in [5, 5.41) is 0.400. The maximum Gasteiger partial charge on any atom is 0.253 e. The molecule has 0 N–H and O–H groups in total. The summed E-state index contributed by atoms with van der Waals surface area (Å²) in [6.07, 6.45) is 2.44. The van der Waals surface area contributed by atoms with E-state index >= 15 is 0 Å². The molecule has 2 heterocycles. The highest BCUT2D eigenvalue weighted by Gasteiger charge is 2.32. The molecular weight excluding hydrogens is 473 g/mol. The SMILES string of the molecule is O=C(c1ccc(N2CCCCC2=O)cc1)N1CCN(S(=O)(=O)c2cc(Cl)ccc2Cl)CC1. The third-order valence-electron chi connectivity index (χ3n) is 5.79. The summed E-state index contributed by atoms with van der Waals surface area (Å²) in [6, 6.07) is 11.3. The molecule has 32 heavy (non-hydrogen) atoms. The zero-order chi connectivity index (χ0) is 22.9. The number of carbonyl (C=O) groups excluding carboxylic acids is 2. The lowest BCUT2D eigenvalue weighted by Gasteiger charge is -2.34. The van der Waals surface area contributed by atoms with Gasteiger partial charge < -0.3 is 9.80 Å². The highest BCUT2D eigenvalue weighted by Crippen LogP contribution is 2.28. The van der Waals surface area contributed by atoms with Crippen molar-refractivity contribution < 1.29 is 18.0 Å². The molecule has 10 heteroatoms. The lowest BCUT2D eigenvalue weighted by molar-refractivity contribution is -0.119. The van der Waals surface area contributed by atoms with Gasteiger partial charge in [0.25, 0.3) is 5.91 Å². The maximum absolute atomic E-state index is 13.0. The summed E-state index contributed by atoms with van der Waals surface area (Å²) in [5.41, 5.74) is 1.30. The molecule has 0 aliphatic carbocycles. The summed E-state index contributed by atoms with van der Waals surface area (Å²) < 4.78 is 27.3. The van der Waals surface area contributed by atoms with Gasteiger partial charge in [0.15, 0.2) is 0 Å². The Bertz CT molecular complexity index is 1130. The lowest BCUT2D eigenvalue weighted by atomic mass is 10.1. The minimum atomic E-state index is -3.81. The highest BCUT2D eigenvalue weighted by molar-refractivity contribution is 7.89. The largest absolute Gasteiger partial charge is 0.336 e. The Morgan fingerprint density at radius 2 is 1.56 bits per heavy atom. The van der Waals surface area contributed by atoms with Gasteiger partial charge in [0.2, 0.25) is 15.9 Å². The Kier molecular flexibility index (Phi) is 6.76. The topological polar surface area (TPSA) is 78.0 Å². The van der Waals surface area contributed by atoms with E-state index in [1.807, 2.05) is 0 Å². The average Bonchev–Trinajstić information content (AvgIpc) is 2.80. The van der Waals surface area contributed by atoms with E-state index in [-0.39, 0.29) is 52.9 Å². The summed E-state index contributed by atoms with van der Waals surface area (Å²) in [5.74, 6) is -0.0631. The van der Waals surface area contributed by atoms with Gasteiger partial charge in [-0.3, -0.25) is 9.59 Å². The van der Waals surface area contributed by atoms with Crippen molar-refractivity contribution in [2.24, 2.45) is 0 Å². The van der Waals surface area contributed by atoms with Crippen LogP contribution in [0.2, 0.25) is 10.0 Å². The molecule has 0 unspecified atom stereocenters. The first-order valence-corrected chi connectivity index (χ1v) is 12.6. The fraction of sp³-hybridized carbons (Fsp3) is 0.364. The molecule has 0 bridgehead atoms. The predicted octanol–water partition coefficient (Wildman–Crippen LogP) is 3.66. The standard InChI is InChI=1S/C22H23Cl2N3O4S/c23-17-6-9-19(24)20(15-17)32(30,31)26-13-11-25(12-14-26)22(29)16-4-7-18(8-5-16)27-10-2-1-3-21(27)28/h4-9,15H,1-3,10-14H2. The third-order valence-corrected chi connectivity index (χ3v) is 8.40. The van der Waals surface area contributed by atoms with E-state index in [9.17, 15) is 18.0 Å². The van der Waals surface area contributed by atoms with Gasteiger partial charge in [-0.1, -0.05) is 23.2 Å².